The molecule has 5 nitrogen and oxygen atoms in total. The van der Waals surface area contributed by atoms with E-state index in [9.17, 15) is 14.0 Å². The van der Waals surface area contributed by atoms with Gasteiger partial charge in [-0.05, 0) is 42.8 Å². The molecule has 0 aromatic heterocycles. The Morgan fingerprint density at radius 2 is 1.86 bits per heavy atom. The van der Waals surface area contributed by atoms with Crippen molar-refractivity contribution in [3.63, 3.8) is 0 Å². The quantitative estimate of drug-likeness (QED) is 0.810. The molecular formula is C16H16FN3O2. The standard InChI is InChI=1S/C16H16FN3O2/c1-10-8-11(19-15(21)9-18)6-7-14(10)20-16(22)12-4-2-3-5-13(12)17/h2-8H,9,18H2,1H3,(H,19,21)(H,20,22). The Hall–Kier alpha value is -2.73. The van der Waals surface area contributed by atoms with Crippen LogP contribution in [0.5, 0.6) is 0 Å². The summed E-state index contributed by atoms with van der Waals surface area (Å²) < 4.78 is 13.6. The number of nitrogens with two attached hydrogens (primary N) is 1. The fourth-order valence-corrected chi connectivity index (χ4v) is 1.93. The Morgan fingerprint density at radius 3 is 2.50 bits per heavy atom. The Bertz CT molecular complexity index is 716. The summed E-state index contributed by atoms with van der Waals surface area (Å²) in [6, 6.07) is 10.7. The van der Waals surface area contributed by atoms with Gasteiger partial charge in [-0.2, -0.15) is 0 Å². The molecule has 0 atom stereocenters. The van der Waals surface area contributed by atoms with Crippen molar-refractivity contribution in [2.24, 2.45) is 5.73 Å². The summed E-state index contributed by atoms with van der Waals surface area (Å²) in [6.45, 7) is 1.67. The Labute approximate surface area is 127 Å². The molecule has 114 valence electrons. The maximum atomic E-state index is 13.6. The highest BCUT2D eigenvalue weighted by molar-refractivity contribution is 6.05. The van der Waals surface area contributed by atoms with Crippen molar-refractivity contribution < 1.29 is 14.0 Å². The molecule has 2 aromatic rings. The van der Waals surface area contributed by atoms with Crippen LogP contribution in [0.1, 0.15) is 15.9 Å². The third-order valence-electron chi connectivity index (χ3n) is 3.06. The van der Waals surface area contributed by atoms with Crippen molar-refractivity contribution in [3.05, 3.63) is 59.4 Å². The second kappa shape index (κ2) is 6.82. The van der Waals surface area contributed by atoms with Crippen LogP contribution in [0.3, 0.4) is 0 Å². The molecule has 0 fully saturated rings. The van der Waals surface area contributed by atoms with E-state index < -0.39 is 11.7 Å². The number of hydrogen-bond acceptors (Lipinski definition) is 3. The summed E-state index contributed by atoms with van der Waals surface area (Å²) in [7, 11) is 0. The van der Waals surface area contributed by atoms with Crippen molar-refractivity contribution >= 4 is 23.2 Å². The third-order valence-corrected chi connectivity index (χ3v) is 3.06. The van der Waals surface area contributed by atoms with Crippen LogP contribution in [0.4, 0.5) is 15.8 Å². The van der Waals surface area contributed by atoms with E-state index in [2.05, 4.69) is 10.6 Å². The van der Waals surface area contributed by atoms with E-state index in [1.165, 1.54) is 18.2 Å². The number of benzene rings is 2. The number of nitrogens with one attached hydrogen (secondary N) is 2. The maximum Gasteiger partial charge on any atom is 0.258 e. The number of anilines is 2. The van der Waals surface area contributed by atoms with Crippen LogP contribution < -0.4 is 16.4 Å². The fourth-order valence-electron chi connectivity index (χ4n) is 1.93. The van der Waals surface area contributed by atoms with Gasteiger partial charge in [-0.3, -0.25) is 9.59 Å². The van der Waals surface area contributed by atoms with E-state index in [-0.39, 0.29) is 18.0 Å². The molecule has 0 aliphatic carbocycles. The average Bonchev–Trinajstić information content (AvgIpc) is 2.50. The normalized spacial score (nSPS) is 10.1. The highest BCUT2D eigenvalue weighted by atomic mass is 19.1. The Morgan fingerprint density at radius 1 is 1.14 bits per heavy atom. The number of amides is 2. The first-order chi connectivity index (χ1) is 10.5. The molecule has 6 heteroatoms. The molecular weight excluding hydrogens is 285 g/mol. The fraction of sp³-hybridized carbons (Fsp3) is 0.125. The average molecular weight is 301 g/mol. The smallest absolute Gasteiger partial charge is 0.258 e. The molecule has 22 heavy (non-hydrogen) atoms. The zero-order valence-corrected chi connectivity index (χ0v) is 12.0. The number of carbonyl (C=O) groups excluding carboxylic acids is 2. The first-order valence-electron chi connectivity index (χ1n) is 6.67. The minimum absolute atomic E-state index is 0.0255. The number of rotatable bonds is 4. The van der Waals surface area contributed by atoms with Gasteiger partial charge in [0, 0.05) is 11.4 Å². The van der Waals surface area contributed by atoms with Crippen molar-refractivity contribution in [2.75, 3.05) is 17.2 Å². The topological polar surface area (TPSA) is 84.2 Å². The van der Waals surface area contributed by atoms with E-state index in [0.717, 1.165) is 5.56 Å². The van der Waals surface area contributed by atoms with Crippen molar-refractivity contribution in [2.45, 2.75) is 6.92 Å². The summed E-state index contributed by atoms with van der Waals surface area (Å²) >= 11 is 0. The largest absolute Gasteiger partial charge is 0.325 e. The van der Waals surface area contributed by atoms with Crippen molar-refractivity contribution in [1.82, 2.24) is 0 Å². The third kappa shape index (κ3) is 3.67. The van der Waals surface area contributed by atoms with E-state index in [1.807, 2.05) is 0 Å². The number of hydrogen-bond donors (Lipinski definition) is 3. The highest BCUT2D eigenvalue weighted by Crippen LogP contribution is 2.21. The molecule has 0 unspecified atom stereocenters. The molecule has 0 saturated heterocycles. The molecule has 0 heterocycles. The zero-order valence-electron chi connectivity index (χ0n) is 12.0. The van der Waals surface area contributed by atoms with Crippen LogP contribution in [-0.2, 0) is 4.79 Å². The van der Waals surface area contributed by atoms with E-state index >= 15 is 0 Å². The predicted octanol–water partition coefficient (Wildman–Crippen LogP) is 2.28. The molecule has 0 bridgehead atoms. The second-order valence-corrected chi connectivity index (χ2v) is 4.72. The van der Waals surface area contributed by atoms with Crippen LogP contribution in [0.15, 0.2) is 42.5 Å². The molecule has 2 rings (SSSR count). The molecule has 0 radical (unpaired) electrons. The Balaban J connectivity index is 2.15. The van der Waals surface area contributed by atoms with E-state index in [0.29, 0.717) is 11.4 Å². The second-order valence-electron chi connectivity index (χ2n) is 4.72. The lowest BCUT2D eigenvalue weighted by atomic mass is 10.1. The van der Waals surface area contributed by atoms with Gasteiger partial charge in [0.2, 0.25) is 5.91 Å². The van der Waals surface area contributed by atoms with Crippen LogP contribution in [0, 0.1) is 12.7 Å². The van der Waals surface area contributed by atoms with Gasteiger partial charge in [0.15, 0.2) is 0 Å². The molecule has 4 N–H and O–H groups in total. The van der Waals surface area contributed by atoms with Crippen LogP contribution >= 0.6 is 0 Å². The summed E-state index contributed by atoms with van der Waals surface area (Å²) in [6.07, 6.45) is 0. The van der Waals surface area contributed by atoms with Crippen LogP contribution in [-0.4, -0.2) is 18.4 Å². The summed E-state index contributed by atoms with van der Waals surface area (Å²) in [5, 5.41) is 5.26. The van der Waals surface area contributed by atoms with Gasteiger partial charge in [-0.15, -0.1) is 0 Å². The number of aryl methyl sites for hydroxylation is 1. The zero-order chi connectivity index (χ0) is 16.1. The van der Waals surface area contributed by atoms with Gasteiger partial charge < -0.3 is 16.4 Å². The minimum Gasteiger partial charge on any atom is -0.325 e. The maximum absolute atomic E-state index is 13.6. The molecule has 0 saturated carbocycles. The Kier molecular flexibility index (Phi) is 4.85. The molecule has 2 aromatic carbocycles. The SMILES string of the molecule is Cc1cc(NC(=O)CN)ccc1NC(=O)c1ccccc1F. The summed E-state index contributed by atoms with van der Waals surface area (Å²) in [5.41, 5.74) is 7.06. The van der Waals surface area contributed by atoms with Gasteiger partial charge in [0.25, 0.3) is 5.91 Å². The first kappa shape index (κ1) is 15.7. The first-order valence-corrected chi connectivity index (χ1v) is 6.67. The predicted molar refractivity (Wildman–Crippen MR) is 83.2 cm³/mol. The van der Waals surface area contributed by atoms with E-state index in [4.69, 9.17) is 5.73 Å². The van der Waals surface area contributed by atoms with Crippen molar-refractivity contribution in [3.8, 4) is 0 Å². The lowest BCUT2D eigenvalue weighted by Gasteiger charge is -2.11. The number of carbonyl (C=O) groups is 2. The molecule has 0 spiro atoms. The molecule has 2 amide bonds. The molecule has 0 aliphatic heterocycles. The van der Waals surface area contributed by atoms with Crippen LogP contribution in [0.25, 0.3) is 0 Å². The minimum atomic E-state index is -0.579. The summed E-state index contributed by atoms with van der Waals surface area (Å²) in [4.78, 5) is 23.3. The number of halogens is 1. The van der Waals surface area contributed by atoms with E-state index in [1.54, 1.807) is 31.2 Å². The summed E-state index contributed by atoms with van der Waals surface area (Å²) in [5.74, 6) is -1.41. The van der Waals surface area contributed by atoms with Crippen molar-refractivity contribution in [1.29, 1.82) is 0 Å². The van der Waals surface area contributed by atoms with Crippen LogP contribution in [0.2, 0.25) is 0 Å². The lowest BCUT2D eigenvalue weighted by molar-refractivity contribution is -0.114. The van der Waals surface area contributed by atoms with Gasteiger partial charge in [0.1, 0.15) is 5.82 Å². The van der Waals surface area contributed by atoms with Gasteiger partial charge >= 0.3 is 0 Å². The lowest BCUT2D eigenvalue weighted by Crippen LogP contribution is -2.22. The highest BCUT2D eigenvalue weighted by Gasteiger charge is 2.12. The van der Waals surface area contributed by atoms with Gasteiger partial charge in [0.05, 0.1) is 12.1 Å². The molecule has 0 aliphatic rings. The van der Waals surface area contributed by atoms with Gasteiger partial charge in [-0.1, -0.05) is 12.1 Å². The van der Waals surface area contributed by atoms with Gasteiger partial charge in [-0.25, -0.2) is 4.39 Å². The monoisotopic (exact) mass is 301 g/mol.